The molecule has 0 saturated heterocycles. The summed E-state index contributed by atoms with van der Waals surface area (Å²) in [6.07, 6.45) is 0. The first kappa shape index (κ1) is 22.4. The normalized spacial score (nSPS) is 3.86. The average molecular weight is 337 g/mol. The molecule has 0 spiro atoms. The fraction of sp³-hybridized carbons (Fsp3) is 0. The van der Waals surface area contributed by atoms with E-state index in [4.69, 9.17) is 15.1 Å². The van der Waals surface area contributed by atoms with Crippen LogP contribution < -0.4 is 0 Å². The van der Waals surface area contributed by atoms with E-state index in [2.05, 4.69) is 0 Å². The minimum absolute atomic E-state index is 0. The van der Waals surface area contributed by atoms with Crippen LogP contribution in [0.4, 0.5) is 0 Å². The predicted octanol–water partition coefficient (Wildman–Crippen LogP) is -2.15. The molecule has 1 atom stereocenters. The SMILES string of the molecule is OB(O)O.P.[Eu].[H-].[H-].[Sr+2]. The van der Waals surface area contributed by atoms with Crippen molar-refractivity contribution in [2.75, 3.05) is 0 Å². The monoisotopic (exact) mass is 339 g/mol. The topological polar surface area (TPSA) is 60.7 Å². The van der Waals surface area contributed by atoms with E-state index < -0.39 is 7.32 Å². The van der Waals surface area contributed by atoms with Gasteiger partial charge in [-0.15, -0.1) is 0 Å². The maximum atomic E-state index is 7.17. The fourth-order valence-electron chi connectivity index (χ4n) is 0. The summed E-state index contributed by atoms with van der Waals surface area (Å²) in [4.78, 5) is 0. The third-order valence-corrected chi connectivity index (χ3v) is 0. The molecule has 0 aliphatic carbocycles. The Bertz CT molecular complexity index is 26.5. The summed E-state index contributed by atoms with van der Waals surface area (Å²) in [7, 11) is -2.17. The Kier molecular flexibility index (Phi) is 52.0. The molecular weight excluding hydrogens is 329 g/mol. The zero-order valence-electron chi connectivity index (χ0n) is 5.71. The second-order valence-electron chi connectivity index (χ2n) is 0.346. The van der Waals surface area contributed by atoms with Crippen molar-refractivity contribution in [2.24, 2.45) is 0 Å². The molecule has 43 valence electrons. The van der Waals surface area contributed by atoms with Crippen molar-refractivity contribution in [3.63, 3.8) is 0 Å². The zero-order chi connectivity index (χ0) is 3.58. The molecule has 0 bridgehead atoms. The molecule has 0 aliphatic heterocycles. The smallest absolute Gasteiger partial charge is 1.00 e. The molecule has 0 heterocycles. The first-order chi connectivity index (χ1) is 1.73. The Morgan fingerprint density at radius 1 is 1.14 bits per heavy atom. The van der Waals surface area contributed by atoms with Gasteiger partial charge in [-0.1, -0.05) is 0 Å². The van der Waals surface area contributed by atoms with Gasteiger partial charge in [-0.3, -0.25) is 0 Å². The minimum Gasteiger partial charge on any atom is -1.00 e. The van der Waals surface area contributed by atoms with Gasteiger partial charge in [0.25, 0.3) is 0 Å². The molecule has 1 unspecified atom stereocenters. The Morgan fingerprint density at radius 2 is 1.14 bits per heavy atom. The Hall–Kier alpha value is 3.44. The number of hydrogen-bond donors (Lipinski definition) is 3. The van der Waals surface area contributed by atoms with Crippen LogP contribution in [0.2, 0.25) is 0 Å². The van der Waals surface area contributed by atoms with Crippen molar-refractivity contribution in [1.82, 2.24) is 0 Å². The van der Waals surface area contributed by atoms with E-state index in [9.17, 15) is 0 Å². The largest absolute Gasteiger partial charge is 2.00 e. The molecule has 0 rings (SSSR count). The molecule has 1 radical (unpaired) electrons. The molecule has 3 N–H and O–H groups in total. The fourth-order valence-corrected chi connectivity index (χ4v) is 0. The summed E-state index contributed by atoms with van der Waals surface area (Å²) in [5, 5.41) is 21.5. The van der Waals surface area contributed by atoms with Crippen LogP contribution in [0, 0.1) is 49.4 Å². The van der Waals surface area contributed by atoms with E-state index in [1.807, 2.05) is 0 Å². The third-order valence-electron chi connectivity index (χ3n) is 0. The second-order valence-corrected chi connectivity index (χ2v) is 0.346. The van der Waals surface area contributed by atoms with Crippen LogP contribution in [0.25, 0.3) is 0 Å². The maximum Gasteiger partial charge on any atom is 2.00 e. The Morgan fingerprint density at radius 3 is 1.14 bits per heavy atom. The first-order valence-electron chi connectivity index (χ1n) is 0.775. The van der Waals surface area contributed by atoms with Crippen LogP contribution in [0.5, 0.6) is 0 Å². The van der Waals surface area contributed by atoms with E-state index >= 15 is 0 Å². The molecule has 7 heteroatoms. The van der Waals surface area contributed by atoms with Gasteiger partial charge < -0.3 is 17.9 Å². The third kappa shape index (κ3) is 44.2. The van der Waals surface area contributed by atoms with E-state index in [-0.39, 0.29) is 108 Å². The van der Waals surface area contributed by atoms with E-state index in [0.29, 0.717) is 0 Å². The van der Waals surface area contributed by atoms with Gasteiger partial charge in [-0.2, -0.15) is 9.90 Å². The molecule has 0 aromatic rings. The van der Waals surface area contributed by atoms with Crippen molar-refractivity contribution >= 4 is 62.7 Å². The summed E-state index contributed by atoms with van der Waals surface area (Å²) in [5.74, 6) is 0. The van der Waals surface area contributed by atoms with Crippen LogP contribution in [0.1, 0.15) is 2.85 Å². The molecule has 0 aromatic heterocycles. The summed E-state index contributed by atoms with van der Waals surface area (Å²) in [5.41, 5.74) is 0. The first-order valence-corrected chi connectivity index (χ1v) is 0.775. The molecule has 0 saturated carbocycles. The van der Waals surface area contributed by atoms with Crippen molar-refractivity contribution < 1.29 is 67.3 Å². The maximum absolute atomic E-state index is 7.17. The molecule has 7 heavy (non-hydrogen) atoms. The van der Waals surface area contributed by atoms with Gasteiger partial charge in [0, 0.05) is 49.4 Å². The minimum atomic E-state index is -2.17. The zero-order valence-corrected chi connectivity index (χ0v) is 11.0. The average Bonchev–Trinajstić information content (AvgIpc) is 0.811. The molecule has 0 aliphatic rings. The summed E-state index contributed by atoms with van der Waals surface area (Å²) in [6, 6.07) is 0. The predicted molar refractivity (Wildman–Crippen MR) is 31.5 cm³/mol. The van der Waals surface area contributed by atoms with Crippen LogP contribution >= 0.6 is 9.90 Å². The van der Waals surface area contributed by atoms with Crippen LogP contribution in [-0.2, 0) is 0 Å². The van der Waals surface area contributed by atoms with Gasteiger partial charge in [0.05, 0.1) is 0 Å². The van der Waals surface area contributed by atoms with Crippen molar-refractivity contribution in [3.8, 4) is 0 Å². The van der Waals surface area contributed by atoms with Crippen molar-refractivity contribution in [3.05, 3.63) is 0 Å². The quantitative estimate of drug-likeness (QED) is 0.349. The van der Waals surface area contributed by atoms with Crippen molar-refractivity contribution in [1.29, 1.82) is 0 Å². The van der Waals surface area contributed by atoms with Gasteiger partial charge in [0.15, 0.2) is 0 Å². The van der Waals surface area contributed by atoms with E-state index in [1.54, 1.807) is 0 Å². The standard InChI is InChI=1S/BH3O3.Eu.H3P.Sr.2H/c2-1(3)4;;;;;/h2-4H;;1H3;;;/q;;;+2;2*-1. The second kappa shape index (κ2) is 16.2. The van der Waals surface area contributed by atoms with Crippen LogP contribution in [-0.4, -0.2) is 67.9 Å². The molecular formula is H8BEuO3PSr. The number of rotatable bonds is 0. The van der Waals surface area contributed by atoms with Crippen LogP contribution in [0.15, 0.2) is 0 Å². The molecule has 0 aromatic carbocycles. The van der Waals surface area contributed by atoms with E-state index in [0.717, 1.165) is 0 Å². The van der Waals surface area contributed by atoms with Gasteiger partial charge in [-0.25, -0.2) is 0 Å². The van der Waals surface area contributed by atoms with Crippen molar-refractivity contribution in [2.45, 2.75) is 0 Å². The summed E-state index contributed by atoms with van der Waals surface area (Å²) in [6.45, 7) is 0. The summed E-state index contributed by atoms with van der Waals surface area (Å²) < 4.78 is 0. The van der Waals surface area contributed by atoms with Gasteiger partial charge in [-0.05, 0) is 0 Å². The van der Waals surface area contributed by atoms with Gasteiger partial charge >= 0.3 is 52.8 Å². The van der Waals surface area contributed by atoms with Crippen LogP contribution in [0.3, 0.4) is 0 Å². The molecule has 0 amide bonds. The Labute approximate surface area is 127 Å². The van der Waals surface area contributed by atoms with Gasteiger partial charge in [0.1, 0.15) is 0 Å². The molecule has 3 nitrogen and oxygen atoms in total. The molecule has 0 fully saturated rings. The number of hydrogen-bond acceptors (Lipinski definition) is 3. The van der Waals surface area contributed by atoms with E-state index in [1.165, 1.54) is 0 Å². The summed E-state index contributed by atoms with van der Waals surface area (Å²) >= 11 is 0. The Balaban J connectivity index is -0.00000000450. The van der Waals surface area contributed by atoms with Gasteiger partial charge in [0.2, 0.25) is 0 Å².